The molecule has 6 nitrogen and oxygen atoms in total. The average molecular weight is 351 g/mol. The van der Waals surface area contributed by atoms with Crippen molar-refractivity contribution in [3.8, 4) is 5.75 Å². The van der Waals surface area contributed by atoms with Crippen LogP contribution in [-0.4, -0.2) is 24.1 Å². The maximum absolute atomic E-state index is 12.9. The molecule has 1 N–H and O–H groups in total. The highest BCUT2D eigenvalue weighted by Gasteiger charge is 2.40. The van der Waals surface area contributed by atoms with Crippen molar-refractivity contribution in [3.05, 3.63) is 59.9 Å². The minimum atomic E-state index is -1.15. The molecule has 132 valence electrons. The summed E-state index contributed by atoms with van der Waals surface area (Å²) in [6.07, 6.45) is 0.0562. The molecule has 26 heavy (non-hydrogen) atoms. The summed E-state index contributed by atoms with van der Waals surface area (Å²) >= 11 is 0. The van der Waals surface area contributed by atoms with E-state index < -0.39 is 17.8 Å². The second kappa shape index (κ2) is 6.22. The molecule has 0 bridgehead atoms. The summed E-state index contributed by atoms with van der Waals surface area (Å²) in [6, 6.07) is 14.8. The van der Waals surface area contributed by atoms with Gasteiger partial charge in [0.15, 0.2) is 0 Å². The number of carbonyl (C=O) groups excluding carboxylic acids is 1. The van der Waals surface area contributed by atoms with Crippen LogP contribution in [0.15, 0.2) is 52.9 Å². The Hall–Kier alpha value is -3.28. The zero-order chi connectivity index (χ0) is 18.3. The fourth-order valence-electron chi connectivity index (χ4n) is 3.44. The van der Waals surface area contributed by atoms with E-state index in [0.29, 0.717) is 22.8 Å². The number of benzene rings is 2. The molecule has 0 aliphatic carbocycles. The largest absolute Gasteiger partial charge is 0.496 e. The predicted molar refractivity (Wildman–Crippen MR) is 95.2 cm³/mol. The molecule has 1 aliphatic rings. The lowest BCUT2D eigenvalue weighted by Gasteiger charge is -2.30. The van der Waals surface area contributed by atoms with E-state index >= 15 is 0 Å². The Morgan fingerprint density at radius 3 is 2.73 bits per heavy atom. The molecule has 6 heteroatoms. The molecule has 2 aromatic carbocycles. The minimum absolute atomic E-state index is 0.0562. The normalized spacial score (nSPS) is 16.6. The van der Waals surface area contributed by atoms with Crippen LogP contribution in [0.1, 0.15) is 11.3 Å². The molecule has 1 aliphatic heterocycles. The molecule has 0 saturated carbocycles. The summed E-state index contributed by atoms with van der Waals surface area (Å²) in [6.45, 7) is 0.211. The number of carboxylic acid groups (broad SMARTS) is 1. The molecule has 1 atom stereocenters. The molecule has 0 radical (unpaired) electrons. The lowest BCUT2D eigenvalue weighted by atomic mass is 9.95. The van der Waals surface area contributed by atoms with Gasteiger partial charge in [0, 0.05) is 17.4 Å². The van der Waals surface area contributed by atoms with E-state index in [1.54, 1.807) is 7.11 Å². The summed E-state index contributed by atoms with van der Waals surface area (Å²) in [5, 5.41) is 10.3. The van der Waals surface area contributed by atoms with Crippen LogP contribution in [0.5, 0.6) is 5.75 Å². The van der Waals surface area contributed by atoms with Gasteiger partial charge in [-0.05, 0) is 18.2 Å². The van der Waals surface area contributed by atoms with Gasteiger partial charge >= 0.3 is 5.97 Å². The van der Waals surface area contributed by atoms with Gasteiger partial charge in [0.25, 0.3) is 0 Å². The third-order valence-electron chi connectivity index (χ3n) is 4.68. The Labute approximate surface area is 149 Å². The predicted octanol–water partition coefficient (Wildman–Crippen LogP) is 3.23. The summed E-state index contributed by atoms with van der Waals surface area (Å²) in [7, 11) is 1.57. The van der Waals surface area contributed by atoms with E-state index in [2.05, 4.69) is 0 Å². The van der Waals surface area contributed by atoms with E-state index in [0.717, 1.165) is 10.9 Å². The fourth-order valence-corrected chi connectivity index (χ4v) is 3.44. The van der Waals surface area contributed by atoms with Crippen molar-refractivity contribution in [1.29, 1.82) is 0 Å². The molecule has 1 amide bonds. The van der Waals surface area contributed by atoms with Gasteiger partial charge in [-0.2, -0.15) is 0 Å². The van der Waals surface area contributed by atoms with E-state index in [1.807, 2.05) is 48.5 Å². The number of furan rings is 1. The molecule has 2 heterocycles. The van der Waals surface area contributed by atoms with Gasteiger partial charge in [-0.3, -0.25) is 9.59 Å². The van der Waals surface area contributed by atoms with Crippen molar-refractivity contribution in [2.24, 2.45) is 5.92 Å². The first-order valence-electron chi connectivity index (χ1n) is 8.26. The van der Waals surface area contributed by atoms with Gasteiger partial charge in [-0.25, -0.2) is 0 Å². The smallest absolute Gasteiger partial charge is 0.316 e. The fraction of sp³-hybridized carbons (Fsp3) is 0.200. The van der Waals surface area contributed by atoms with E-state index in [9.17, 15) is 14.7 Å². The first-order valence-corrected chi connectivity index (χ1v) is 8.26. The van der Waals surface area contributed by atoms with E-state index in [1.165, 1.54) is 4.90 Å². The second-order valence-electron chi connectivity index (χ2n) is 6.20. The maximum Gasteiger partial charge on any atom is 0.316 e. The summed E-state index contributed by atoms with van der Waals surface area (Å²) in [5.74, 6) is -1.58. The summed E-state index contributed by atoms with van der Waals surface area (Å²) in [5.41, 5.74) is 2.08. The third-order valence-corrected chi connectivity index (χ3v) is 4.68. The summed E-state index contributed by atoms with van der Waals surface area (Å²) in [4.78, 5) is 26.0. The van der Waals surface area contributed by atoms with Gasteiger partial charge in [-0.15, -0.1) is 0 Å². The van der Waals surface area contributed by atoms with E-state index in [-0.39, 0.29) is 13.0 Å². The van der Waals surface area contributed by atoms with Crippen molar-refractivity contribution in [3.63, 3.8) is 0 Å². The number of carbonyl (C=O) groups is 2. The lowest BCUT2D eigenvalue weighted by molar-refractivity contribution is -0.146. The molecule has 0 saturated heterocycles. The summed E-state index contributed by atoms with van der Waals surface area (Å²) < 4.78 is 11.2. The number of amides is 1. The van der Waals surface area contributed by atoms with Gasteiger partial charge in [0.1, 0.15) is 23.0 Å². The van der Waals surface area contributed by atoms with Crippen molar-refractivity contribution in [2.75, 3.05) is 12.0 Å². The quantitative estimate of drug-likeness (QED) is 0.730. The van der Waals surface area contributed by atoms with E-state index in [4.69, 9.17) is 9.15 Å². The number of aliphatic carboxylic acids is 1. The Balaban J connectivity index is 1.86. The standard InChI is InChI=1S/C20H17NO5/c1-25-15-8-4-2-6-12(15)11-21-18-13-7-3-5-9-16(13)26-17(18)10-14(19(21)22)20(23)24/h2-9,14H,10-11H2,1H3,(H,23,24). The molecule has 0 spiro atoms. The number of rotatable bonds is 4. The number of nitrogens with zero attached hydrogens (tertiary/aromatic N) is 1. The number of methoxy groups -OCH3 is 1. The first-order chi connectivity index (χ1) is 12.6. The molecule has 3 aromatic rings. The molecular weight excluding hydrogens is 334 g/mol. The van der Waals surface area contributed by atoms with Gasteiger partial charge in [-0.1, -0.05) is 30.3 Å². The number of anilines is 1. The topological polar surface area (TPSA) is 80.0 Å². The number of hydrogen-bond acceptors (Lipinski definition) is 4. The second-order valence-corrected chi connectivity index (χ2v) is 6.20. The first kappa shape index (κ1) is 16.2. The highest BCUT2D eigenvalue weighted by molar-refractivity contribution is 6.12. The number of para-hydroxylation sites is 2. The van der Waals surface area contributed by atoms with Crippen LogP contribution in [0.2, 0.25) is 0 Å². The Morgan fingerprint density at radius 1 is 1.23 bits per heavy atom. The number of fused-ring (bicyclic) bond motifs is 3. The van der Waals surface area contributed by atoms with Crippen LogP contribution in [0.25, 0.3) is 11.0 Å². The van der Waals surface area contributed by atoms with Crippen molar-refractivity contribution >= 4 is 28.5 Å². The van der Waals surface area contributed by atoms with Crippen LogP contribution in [-0.2, 0) is 22.6 Å². The highest BCUT2D eigenvalue weighted by atomic mass is 16.5. The molecule has 1 aromatic heterocycles. The monoisotopic (exact) mass is 351 g/mol. The highest BCUT2D eigenvalue weighted by Crippen LogP contribution is 2.41. The zero-order valence-electron chi connectivity index (χ0n) is 14.1. The Kier molecular flexibility index (Phi) is 3.88. The Morgan fingerprint density at radius 2 is 1.96 bits per heavy atom. The average Bonchev–Trinajstić information content (AvgIpc) is 3.02. The van der Waals surface area contributed by atoms with Gasteiger partial charge < -0.3 is 19.2 Å². The van der Waals surface area contributed by atoms with Crippen LogP contribution < -0.4 is 9.64 Å². The van der Waals surface area contributed by atoms with Crippen LogP contribution in [0.3, 0.4) is 0 Å². The van der Waals surface area contributed by atoms with Gasteiger partial charge in [0.05, 0.1) is 19.3 Å². The van der Waals surface area contributed by atoms with Crippen LogP contribution in [0, 0.1) is 5.92 Å². The zero-order valence-corrected chi connectivity index (χ0v) is 14.1. The number of hydrogen-bond donors (Lipinski definition) is 1. The molecule has 0 fully saturated rings. The van der Waals surface area contributed by atoms with Gasteiger partial charge in [0.2, 0.25) is 5.91 Å². The van der Waals surface area contributed by atoms with Crippen molar-refractivity contribution in [2.45, 2.75) is 13.0 Å². The molecule has 4 rings (SSSR count). The van der Waals surface area contributed by atoms with Crippen molar-refractivity contribution < 1.29 is 23.8 Å². The molecular formula is C20H17NO5. The number of carboxylic acids is 1. The number of ether oxygens (including phenoxy) is 1. The minimum Gasteiger partial charge on any atom is -0.496 e. The SMILES string of the molecule is COc1ccccc1CN1C(=O)C(C(=O)O)Cc2oc3ccccc3c21. The van der Waals surface area contributed by atoms with Crippen LogP contribution in [0.4, 0.5) is 5.69 Å². The lowest BCUT2D eigenvalue weighted by Crippen LogP contribution is -2.43. The Bertz CT molecular complexity index is 1010. The third kappa shape index (κ3) is 2.50. The van der Waals surface area contributed by atoms with Crippen molar-refractivity contribution in [1.82, 2.24) is 0 Å². The van der Waals surface area contributed by atoms with Crippen LogP contribution >= 0.6 is 0 Å². The molecule has 1 unspecified atom stereocenters. The maximum atomic E-state index is 12.9.